The minimum Gasteiger partial charge on any atom is -0.489 e. The molecule has 0 aliphatic carbocycles. The molecule has 0 fully saturated rings. The summed E-state index contributed by atoms with van der Waals surface area (Å²) in [4.78, 5) is 10.2. The van der Waals surface area contributed by atoms with Gasteiger partial charge in [0.25, 0.3) is 0 Å². The lowest BCUT2D eigenvalue weighted by Gasteiger charge is -2.13. The topological polar surface area (TPSA) is 78.8 Å². The molecule has 0 radical (unpaired) electrons. The number of hydrogen-bond donors (Lipinski definition) is 3. The van der Waals surface area contributed by atoms with Crippen LogP contribution >= 0.6 is 11.6 Å². The Morgan fingerprint density at radius 1 is 1.47 bits per heavy atom. The van der Waals surface area contributed by atoms with Crippen LogP contribution < -0.4 is 10.1 Å². The van der Waals surface area contributed by atoms with Crippen LogP contribution in [-0.4, -0.2) is 42.0 Å². The number of aliphatic carboxylic acids is 1. The molecule has 1 aromatic rings. The first-order chi connectivity index (χ1) is 8.09. The average molecular weight is 260 g/mol. The number of ether oxygens (including phenoxy) is 1. The fourth-order valence-electron chi connectivity index (χ4n) is 1.15. The van der Waals surface area contributed by atoms with E-state index in [9.17, 15) is 9.90 Å². The Morgan fingerprint density at radius 3 is 2.82 bits per heavy atom. The van der Waals surface area contributed by atoms with E-state index in [1.165, 1.54) is 0 Å². The van der Waals surface area contributed by atoms with Gasteiger partial charge in [-0.15, -0.1) is 0 Å². The number of para-hydroxylation sites is 1. The number of halogens is 1. The monoisotopic (exact) mass is 259 g/mol. The largest absolute Gasteiger partial charge is 0.489 e. The van der Waals surface area contributed by atoms with E-state index < -0.39 is 12.1 Å². The van der Waals surface area contributed by atoms with Gasteiger partial charge in [0.2, 0.25) is 0 Å². The quantitative estimate of drug-likeness (QED) is 0.674. The molecule has 0 aromatic heterocycles. The van der Waals surface area contributed by atoms with E-state index in [-0.39, 0.29) is 19.7 Å². The molecule has 0 aliphatic heterocycles. The van der Waals surface area contributed by atoms with Gasteiger partial charge in [0, 0.05) is 6.54 Å². The lowest BCUT2D eigenvalue weighted by molar-refractivity contribution is -0.136. The molecule has 5 nitrogen and oxygen atoms in total. The van der Waals surface area contributed by atoms with Crippen LogP contribution in [-0.2, 0) is 4.79 Å². The molecule has 1 rings (SSSR count). The van der Waals surface area contributed by atoms with E-state index in [2.05, 4.69) is 5.32 Å². The SMILES string of the molecule is O=C(O)CNCC(O)COc1ccccc1Cl. The van der Waals surface area contributed by atoms with Crippen LogP contribution in [0.1, 0.15) is 0 Å². The summed E-state index contributed by atoms with van der Waals surface area (Å²) in [6.45, 7) is 0.0102. The summed E-state index contributed by atoms with van der Waals surface area (Å²) >= 11 is 5.85. The average Bonchev–Trinajstić information content (AvgIpc) is 2.27. The molecule has 0 saturated heterocycles. The van der Waals surface area contributed by atoms with Crippen LogP contribution in [0.2, 0.25) is 5.02 Å². The normalized spacial score (nSPS) is 12.1. The molecule has 0 aliphatic rings. The molecule has 94 valence electrons. The summed E-state index contributed by atoms with van der Waals surface area (Å²) in [6, 6.07) is 6.93. The number of aliphatic hydroxyl groups is 1. The minimum atomic E-state index is -0.968. The van der Waals surface area contributed by atoms with Crippen LogP contribution in [0.5, 0.6) is 5.75 Å². The van der Waals surface area contributed by atoms with Crippen molar-refractivity contribution < 1.29 is 19.7 Å². The van der Waals surface area contributed by atoms with Gasteiger partial charge in [0.05, 0.1) is 11.6 Å². The maximum Gasteiger partial charge on any atom is 0.317 e. The third-order valence-electron chi connectivity index (χ3n) is 1.92. The highest BCUT2D eigenvalue weighted by molar-refractivity contribution is 6.32. The number of carboxylic acid groups (broad SMARTS) is 1. The third kappa shape index (κ3) is 5.53. The zero-order valence-electron chi connectivity index (χ0n) is 9.10. The number of aliphatic hydroxyl groups excluding tert-OH is 1. The van der Waals surface area contributed by atoms with Gasteiger partial charge in [0.1, 0.15) is 18.5 Å². The second-order valence-corrected chi connectivity index (χ2v) is 3.83. The van der Waals surface area contributed by atoms with Gasteiger partial charge >= 0.3 is 5.97 Å². The van der Waals surface area contributed by atoms with Crippen molar-refractivity contribution >= 4 is 17.6 Å². The molecule has 0 heterocycles. The molecule has 6 heteroatoms. The zero-order chi connectivity index (χ0) is 12.7. The standard InChI is InChI=1S/C11H14ClNO4/c12-9-3-1-2-4-10(9)17-7-8(14)5-13-6-11(15)16/h1-4,8,13-14H,5-7H2,(H,15,16). The lowest BCUT2D eigenvalue weighted by atomic mass is 10.3. The highest BCUT2D eigenvalue weighted by Crippen LogP contribution is 2.22. The van der Waals surface area contributed by atoms with Crippen molar-refractivity contribution in [3.8, 4) is 5.75 Å². The number of carboxylic acids is 1. The Labute approximate surface area is 104 Å². The predicted octanol–water partition coefficient (Wildman–Crippen LogP) is 0.754. The molecule has 1 atom stereocenters. The van der Waals surface area contributed by atoms with Crippen molar-refractivity contribution in [1.29, 1.82) is 0 Å². The first kappa shape index (κ1) is 13.8. The Bertz CT molecular complexity index is 372. The van der Waals surface area contributed by atoms with E-state index in [1.54, 1.807) is 24.3 Å². The maximum absolute atomic E-state index is 10.2. The van der Waals surface area contributed by atoms with E-state index in [0.29, 0.717) is 10.8 Å². The van der Waals surface area contributed by atoms with Crippen molar-refractivity contribution in [3.63, 3.8) is 0 Å². The first-order valence-corrected chi connectivity index (χ1v) is 5.45. The van der Waals surface area contributed by atoms with Gasteiger partial charge in [-0.2, -0.15) is 0 Å². The van der Waals surface area contributed by atoms with Gasteiger partial charge in [-0.25, -0.2) is 0 Å². The molecule has 0 bridgehead atoms. The molecular weight excluding hydrogens is 246 g/mol. The van der Waals surface area contributed by atoms with Crippen molar-refractivity contribution in [2.75, 3.05) is 19.7 Å². The molecule has 3 N–H and O–H groups in total. The number of nitrogens with one attached hydrogen (secondary N) is 1. The number of carbonyl (C=O) groups is 1. The number of rotatable bonds is 7. The molecule has 0 saturated carbocycles. The summed E-state index contributed by atoms with van der Waals surface area (Å²) in [6.07, 6.45) is -0.786. The van der Waals surface area contributed by atoms with Gasteiger partial charge in [0.15, 0.2) is 0 Å². The molecular formula is C11H14ClNO4. The molecule has 1 aromatic carbocycles. The highest BCUT2D eigenvalue weighted by atomic mass is 35.5. The van der Waals surface area contributed by atoms with E-state index in [0.717, 1.165) is 0 Å². The first-order valence-electron chi connectivity index (χ1n) is 5.07. The summed E-state index contributed by atoms with van der Waals surface area (Å²) in [5.41, 5.74) is 0. The second-order valence-electron chi connectivity index (χ2n) is 3.42. The van der Waals surface area contributed by atoms with Crippen molar-refractivity contribution in [1.82, 2.24) is 5.32 Å². The number of hydrogen-bond acceptors (Lipinski definition) is 4. The van der Waals surface area contributed by atoms with Gasteiger partial charge < -0.3 is 20.3 Å². The zero-order valence-corrected chi connectivity index (χ0v) is 9.85. The van der Waals surface area contributed by atoms with E-state index >= 15 is 0 Å². The fourth-order valence-corrected chi connectivity index (χ4v) is 1.34. The van der Waals surface area contributed by atoms with Crippen LogP contribution in [0.4, 0.5) is 0 Å². The summed E-state index contributed by atoms with van der Waals surface area (Å²) in [5, 5.41) is 20.9. The van der Waals surface area contributed by atoms with Crippen LogP contribution in [0.25, 0.3) is 0 Å². The lowest BCUT2D eigenvalue weighted by Crippen LogP contribution is -2.34. The van der Waals surface area contributed by atoms with Crippen LogP contribution in [0.3, 0.4) is 0 Å². The third-order valence-corrected chi connectivity index (χ3v) is 2.24. The molecule has 0 amide bonds. The second kappa shape index (κ2) is 7.11. The maximum atomic E-state index is 10.2. The molecule has 0 spiro atoms. The summed E-state index contributed by atoms with van der Waals surface area (Å²) in [7, 11) is 0. The summed E-state index contributed by atoms with van der Waals surface area (Å²) in [5.74, 6) is -0.476. The summed E-state index contributed by atoms with van der Waals surface area (Å²) < 4.78 is 5.29. The van der Waals surface area contributed by atoms with Crippen LogP contribution in [0.15, 0.2) is 24.3 Å². The fraction of sp³-hybridized carbons (Fsp3) is 0.364. The van der Waals surface area contributed by atoms with Crippen molar-refractivity contribution in [2.45, 2.75) is 6.10 Å². The Balaban J connectivity index is 2.26. The van der Waals surface area contributed by atoms with E-state index in [1.807, 2.05) is 0 Å². The number of benzene rings is 1. The van der Waals surface area contributed by atoms with E-state index in [4.69, 9.17) is 21.4 Å². The smallest absolute Gasteiger partial charge is 0.317 e. The predicted molar refractivity (Wildman–Crippen MR) is 63.5 cm³/mol. The molecule has 17 heavy (non-hydrogen) atoms. The van der Waals surface area contributed by atoms with Crippen LogP contribution in [0, 0.1) is 0 Å². The molecule has 1 unspecified atom stereocenters. The Hall–Kier alpha value is -1.30. The van der Waals surface area contributed by atoms with Gasteiger partial charge in [-0.05, 0) is 12.1 Å². The minimum absolute atomic E-state index is 0.0519. The highest BCUT2D eigenvalue weighted by Gasteiger charge is 2.07. The Kier molecular flexibility index (Phi) is 5.76. The van der Waals surface area contributed by atoms with Crippen molar-refractivity contribution in [2.24, 2.45) is 0 Å². The Morgan fingerprint density at radius 2 is 2.18 bits per heavy atom. The van der Waals surface area contributed by atoms with Gasteiger partial charge in [-0.3, -0.25) is 4.79 Å². The van der Waals surface area contributed by atoms with Gasteiger partial charge in [-0.1, -0.05) is 23.7 Å². The van der Waals surface area contributed by atoms with Crippen molar-refractivity contribution in [3.05, 3.63) is 29.3 Å².